The Kier molecular flexibility index (Phi) is 6.18. The van der Waals surface area contributed by atoms with Gasteiger partial charge in [0.2, 0.25) is 5.91 Å². The number of nitrogens with one attached hydrogen (secondary N) is 1. The summed E-state index contributed by atoms with van der Waals surface area (Å²) in [5.74, 6) is 0.749. The van der Waals surface area contributed by atoms with Gasteiger partial charge in [-0.1, -0.05) is 12.1 Å². The average molecular weight is 577 g/mol. The number of aromatic nitrogens is 3. The highest BCUT2D eigenvalue weighted by atomic mass is 16.6. The predicted molar refractivity (Wildman–Crippen MR) is 160 cm³/mol. The van der Waals surface area contributed by atoms with E-state index in [2.05, 4.69) is 43.8 Å². The van der Waals surface area contributed by atoms with E-state index in [0.29, 0.717) is 38.3 Å². The van der Waals surface area contributed by atoms with Gasteiger partial charge in [-0.3, -0.25) is 9.36 Å². The molecule has 2 aromatic carbocycles. The van der Waals surface area contributed by atoms with Crippen molar-refractivity contribution in [3.8, 4) is 34.4 Å². The van der Waals surface area contributed by atoms with Crippen molar-refractivity contribution in [2.24, 2.45) is 5.92 Å². The molecule has 4 aromatic rings. The van der Waals surface area contributed by atoms with Gasteiger partial charge >= 0.3 is 6.09 Å². The number of nitriles is 1. The van der Waals surface area contributed by atoms with Gasteiger partial charge in [0.05, 0.1) is 41.8 Å². The largest absolute Gasteiger partial charge is 0.444 e. The van der Waals surface area contributed by atoms with E-state index in [0.717, 1.165) is 39.6 Å². The first kappa shape index (κ1) is 27.0. The number of rotatable bonds is 4. The second-order valence-corrected chi connectivity index (χ2v) is 12.5. The lowest BCUT2D eigenvalue weighted by Crippen LogP contribution is -2.67. The van der Waals surface area contributed by atoms with Crippen molar-refractivity contribution in [2.45, 2.75) is 44.9 Å². The maximum absolute atomic E-state index is 13.4. The maximum Gasteiger partial charge on any atom is 0.408 e. The van der Waals surface area contributed by atoms with E-state index in [1.54, 1.807) is 6.20 Å². The van der Waals surface area contributed by atoms with Crippen LogP contribution in [0.3, 0.4) is 0 Å². The maximum atomic E-state index is 13.4. The Morgan fingerprint density at radius 3 is 2.63 bits per heavy atom. The van der Waals surface area contributed by atoms with E-state index < -0.39 is 17.2 Å². The monoisotopic (exact) mass is 576 g/mol. The molecule has 5 heterocycles. The van der Waals surface area contributed by atoms with E-state index in [1.807, 2.05) is 68.3 Å². The van der Waals surface area contributed by atoms with Gasteiger partial charge in [0.25, 0.3) is 0 Å². The molecular weight excluding hydrogens is 544 g/mol. The minimum atomic E-state index is -0.633. The molecule has 1 atom stereocenters. The smallest absolute Gasteiger partial charge is 0.408 e. The molecule has 10 heteroatoms. The highest BCUT2D eigenvalue weighted by Crippen LogP contribution is 2.39. The number of nitrogens with zero attached hydrogens (tertiary/aromatic N) is 5. The Labute approximate surface area is 249 Å². The van der Waals surface area contributed by atoms with E-state index in [1.165, 1.54) is 0 Å². The lowest BCUT2D eigenvalue weighted by Gasteiger charge is -2.46. The number of amides is 2. The van der Waals surface area contributed by atoms with Crippen molar-refractivity contribution >= 4 is 17.7 Å². The zero-order chi connectivity index (χ0) is 29.9. The highest BCUT2D eigenvalue weighted by molar-refractivity contribution is 5.96. The second-order valence-electron chi connectivity index (χ2n) is 12.5. The zero-order valence-electron chi connectivity index (χ0n) is 24.3. The summed E-state index contributed by atoms with van der Waals surface area (Å²) in [6.45, 7) is 7.26. The standard InChI is InChI=1S/C33H32N6O4/c1-32(2,3)43-31(41)36-33(19-42-20-33)25-14-29(40)39(18-25)26-8-9-27-24(12-26)17-37-16-23(22-6-4-21(15-34)5-7-22)13-28(37)30-35-10-11-38(27)30/h4-13,16,25H,14,17-20H2,1-3H3,(H,36,41). The Balaban J connectivity index is 1.17. The summed E-state index contributed by atoms with van der Waals surface area (Å²) >= 11 is 0. The minimum absolute atomic E-state index is 0.0175. The quantitative estimate of drug-likeness (QED) is 0.326. The van der Waals surface area contributed by atoms with Gasteiger partial charge in [0, 0.05) is 55.3 Å². The van der Waals surface area contributed by atoms with E-state index in [4.69, 9.17) is 9.47 Å². The van der Waals surface area contributed by atoms with Crippen molar-refractivity contribution in [1.29, 1.82) is 5.26 Å². The molecule has 43 heavy (non-hydrogen) atoms. The molecule has 3 aliphatic rings. The number of hydrogen-bond donors (Lipinski definition) is 1. The van der Waals surface area contributed by atoms with Crippen LogP contribution in [-0.4, -0.2) is 57.0 Å². The van der Waals surface area contributed by atoms with E-state index >= 15 is 0 Å². The number of ether oxygens (including phenoxy) is 2. The van der Waals surface area contributed by atoms with Gasteiger partial charge in [0.1, 0.15) is 5.60 Å². The number of alkyl carbamates (subject to hydrolysis) is 1. The van der Waals surface area contributed by atoms with Crippen molar-refractivity contribution in [3.63, 3.8) is 0 Å². The van der Waals surface area contributed by atoms with Crippen LogP contribution < -0.4 is 10.2 Å². The minimum Gasteiger partial charge on any atom is -0.444 e. The molecule has 218 valence electrons. The molecule has 0 bridgehead atoms. The number of carbonyl (C=O) groups is 2. The molecule has 0 aliphatic carbocycles. The molecule has 3 aliphatic heterocycles. The second kappa shape index (κ2) is 9.85. The Morgan fingerprint density at radius 2 is 1.93 bits per heavy atom. The fourth-order valence-electron chi connectivity index (χ4n) is 6.26. The number of fused-ring (bicyclic) bond motifs is 5. The molecule has 7 rings (SSSR count). The highest BCUT2D eigenvalue weighted by Gasteiger charge is 2.52. The van der Waals surface area contributed by atoms with Crippen LogP contribution in [0.5, 0.6) is 0 Å². The number of carbonyl (C=O) groups excluding carboxylic acids is 2. The van der Waals surface area contributed by atoms with Crippen molar-refractivity contribution in [1.82, 2.24) is 19.4 Å². The molecule has 1 N–H and O–H groups in total. The van der Waals surface area contributed by atoms with Crippen LogP contribution in [0, 0.1) is 17.2 Å². The fraction of sp³-hybridized carbons (Fsp3) is 0.333. The summed E-state index contributed by atoms with van der Waals surface area (Å²) in [7, 11) is 0. The first-order valence-electron chi connectivity index (χ1n) is 14.4. The van der Waals surface area contributed by atoms with Gasteiger partial charge in [-0.25, -0.2) is 9.78 Å². The summed E-state index contributed by atoms with van der Waals surface area (Å²) in [4.78, 5) is 32.5. The third-order valence-corrected chi connectivity index (χ3v) is 8.46. The molecule has 0 spiro atoms. The van der Waals surface area contributed by atoms with Crippen molar-refractivity contribution < 1.29 is 19.1 Å². The molecule has 10 nitrogen and oxygen atoms in total. The molecular formula is C33H32N6O4. The molecule has 2 aromatic heterocycles. The predicted octanol–water partition coefficient (Wildman–Crippen LogP) is 4.89. The van der Waals surface area contributed by atoms with Gasteiger partial charge in [-0.15, -0.1) is 0 Å². The van der Waals surface area contributed by atoms with Gasteiger partial charge in [-0.2, -0.15) is 5.26 Å². The number of imidazole rings is 1. The van der Waals surface area contributed by atoms with Gasteiger partial charge in [-0.05, 0) is 68.3 Å². The van der Waals surface area contributed by atoms with Crippen LogP contribution in [0.25, 0.3) is 28.3 Å². The molecule has 2 amide bonds. The average Bonchev–Trinajstić information content (AvgIpc) is 3.67. The third-order valence-electron chi connectivity index (χ3n) is 8.46. The summed E-state index contributed by atoms with van der Waals surface area (Å²) in [6, 6.07) is 18.0. The Bertz CT molecular complexity index is 1780. The summed E-state index contributed by atoms with van der Waals surface area (Å²) < 4.78 is 15.3. The fourth-order valence-corrected chi connectivity index (χ4v) is 6.26. The van der Waals surface area contributed by atoms with Crippen LogP contribution >= 0.6 is 0 Å². The van der Waals surface area contributed by atoms with E-state index in [9.17, 15) is 14.9 Å². The number of benzene rings is 2. The van der Waals surface area contributed by atoms with Gasteiger partial charge in [0.15, 0.2) is 5.82 Å². The van der Waals surface area contributed by atoms with Crippen LogP contribution in [0.1, 0.15) is 38.3 Å². The molecule has 0 radical (unpaired) electrons. The number of hydrogen-bond acceptors (Lipinski definition) is 6. The summed E-state index contributed by atoms with van der Waals surface area (Å²) in [5, 5.41) is 12.2. The number of anilines is 1. The summed E-state index contributed by atoms with van der Waals surface area (Å²) in [5.41, 5.74) is 5.31. The lowest BCUT2D eigenvalue weighted by atomic mass is 9.81. The zero-order valence-corrected chi connectivity index (χ0v) is 24.3. The van der Waals surface area contributed by atoms with Crippen LogP contribution in [-0.2, 0) is 20.8 Å². The molecule has 1 unspecified atom stereocenters. The Morgan fingerprint density at radius 1 is 1.14 bits per heavy atom. The SMILES string of the molecule is CC(C)(C)OC(=O)NC1(C2CC(=O)N(c3ccc4c(c3)Cn3cc(-c5ccc(C#N)cc5)cc3-c3nccn3-4)C2)COC1. The first-order chi connectivity index (χ1) is 20.6. The topological polar surface area (TPSA) is 114 Å². The normalized spacial score (nSPS) is 18.5. The summed E-state index contributed by atoms with van der Waals surface area (Å²) in [6.07, 6.45) is 5.68. The molecule has 0 saturated carbocycles. The van der Waals surface area contributed by atoms with Crippen molar-refractivity contribution in [2.75, 3.05) is 24.7 Å². The van der Waals surface area contributed by atoms with Crippen molar-refractivity contribution in [3.05, 3.63) is 78.2 Å². The van der Waals surface area contributed by atoms with E-state index in [-0.39, 0.29) is 11.8 Å². The van der Waals surface area contributed by atoms with Crippen LogP contribution in [0.4, 0.5) is 10.5 Å². The lowest BCUT2D eigenvalue weighted by molar-refractivity contribution is -0.121. The molecule has 2 saturated heterocycles. The van der Waals surface area contributed by atoms with Crippen LogP contribution in [0.15, 0.2) is 67.1 Å². The third kappa shape index (κ3) is 4.76. The molecule has 2 fully saturated rings. The van der Waals surface area contributed by atoms with Crippen LogP contribution in [0.2, 0.25) is 0 Å². The first-order valence-corrected chi connectivity index (χ1v) is 14.4. The Hall–Kier alpha value is -4.88. The van der Waals surface area contributed by atoms with Gasteiger partial charge < -0.3 is 24.3 Å².